The van der Waals surface area contributed by atoms with Crippen molar-refractivity contribution in [2.75, 3.05) is 0 Å². The quantitative estimate of drug-likeness (QED) is 0.529. The Bertz CT molecular complexity index is 1020. The molecule has 4 rings (SSSR count). The highest BCUT2D eigenvalue weighted by atomic mass is 32.1. The number of nitrogens with one attached hydrogen (secondary N) is 1. The maximum absolute atomic E-state index is 9.37. The summed E-state index contributed by atoms with van der Waals surface area (Å²) in [5.74, 6) is 0.901. The molecule has 2 aromatic heterocycles. The second-order valence-corrected chi connectivity index (χ2v) is 5.05. The summed E-state index contributed by atoms with van der Waals surface area (Å²) < 4.78 is 2.13. The van der Waals surface area contributed by atoms with Gasteiger partial charge in [-0.05, 0) is 48.6 Å². The predicted molar refractivity (Wildman–Crippen MR) is 82.8 cm³/mol. The minimum absolute atomic E-state index is 0.221. The van der Waals surface area contributed by atoms with E-state index in [9.17, 15) is 5.11 Å². The first-order chi connectivity index (χ1) is 10.2. The number of para-hydroxylation sites is 1. The molecule has 0 radical (unpaired) electrons. The molecule has 0 fully saturated rings. The molecule has 0 bridgehead atoms. The van der Waals surface area contributed by atoms with Crippen molar-refractivity contribution < 1.29 is 5.11 Å². The zero-order valence-electron chi connectivity index (χ0n) is 10.8. The summed E-state index contributed by atoms with van der Waals surface area (Å²) in [6.07, 6.45) is 0. The molecule has 2 heterocycles. The van der Waals surface area contributed by atoms with Gasteiger partial charge in [0.1, 0.15) is 5.75 Å². The van der Waals surface area contributed by atoms with E-state index < -0.39 is 0 Å². The Morgan fingerprint density at radius 2 is 1.76 bits per heavy atom. The molecule has 0 amide bonds. The molecule has 0 spiro atoms. The van der Waals surface area contributed by atoms with Crippen LogP contribution in [-0.2, 0) is 0 Å². The Morgan fingerprint density at radius 3 is 2.57 bits per heavy atom. The van der Waals surface area contributed by atoms with Crippen molar-refractivity contribution in [1.29, 1.82) is 0 Å². The first kappa shape index (κ1) is 12.0. The van der Waals surface area contributed by atoms with Crippen molar-refractivity contribution in [2.24, 2.45) is 0 Å². The number of H-pyrrole nitrogens is 1. The Morgan fingerprint density at radius 1 is 1.00 bits per heavy atom. The van der Waals surface area contributed by atoms with Gasteiger partial charge in [0.2, 0.25) is 4.77 Å². The predicted octanol–water partition coefficient (Wildman–Crippen LogP) is 3.31. The van der Waals surface area contributed by atoms with E-state index in [1.54, 1.807) is 28.8 Å². The van der Waals surface area contributed by atoms with Crippen LogP contribution < -0.4 is 0 Å². The maximum Gasteiger partial charge on any atom is 0.221 e. The third-order valence-electron chi connectivity index (χ3n) is 3.34. The van der Waals surface area contributed by atoms with Crippen molar-refractivity contribution in [2.45, 2.75) is 0 Å². The van der Waals surface area contributed by atoms with Crippen molar-refractivity contribution in [3.63, 3.8) is 0 Å². The Balaban J connectivity index is 2.05. The molecule has 102 valence electrons. The van der Waals surface area contributed by atoms with Crippen LogP contribution in [0.5, 0.6) is 5.75 Å². The van der Waals surface area contributed by atoms with Crippen LogP contribution in [0.2, 0.25) is 0 Å². The number of benzene rings is 2. The molecule has 4 aromatic rings. The van der Waals surface area contributed by atoms with E-state index in [4.69, 9.17) is 12.2 Å². The van der Waals surface area contributed by atoms with Crippen molar-refractivity contribution in [3.05, 3.63) is 53.3 Å². The van der Waals surface area contributed by atoms with Gasteiger partial charge in [0.05, 0.1) is 5.52 Å². The van der Waals surface area contributed by atoms with E-state index in [0.29, 0.717) is 10.6 Å². The summed E-state index contributed by atoms with van der Waals surface area (Å²) in [5.41, 5.74) is 2.44. The van der Waals surface area contributed by atoms with E-state index in [0.717, 1.165) is 22.1 Å². The summed E-state index contributed by atoms with van der Waals surface area (Å²) >= 11 is 5.31. The molecule has 2 aromatic carbocycles. The Kier molecular flexibility index (Phi) is 2.52. The number of hydrogen-bond donors (Lipinski definition) is 2. The minimum Gasteiger partial charge on any atom is -0.508 e. The molecular weight excluding hydrogens is 284 g/mol. The third kappa shape index (κ3) is 1.88. The standard InChI is InChI=1S/C15H10N4OS/c20-10-7-5-9(6-8-10)13-17-14-11-3-1-2-4-12(11)16-15(21)19(14)18-13/h1-8,20H,(H,17,18). The van der Waals surface area contributed by atoms with Crippen LogP contribution in [0.15, 0.2) is 48.5 Å². The monoisotopic (exact) mass is 294 g/mol. The molecule has 0 aliphatic carbocycles. The van der Waals surface area contributed by atoms with Gasteiger partial charge in [0, 0.05) is 10.9 Å². The maximum atomic E-state index is 9.37. The lowest BCUT2D eigenvalue weighted by molar-refractivity contribution is 0.475. The fourth-order valence-electron chi connectivity index (χ4n) is 2.32. The number of fused-ring (bicyclic) bond motifs is 3. The highest BCUT2D eigenvalue weighted by Gasteiger charge is 2.09. The molecule has 0 aliphatic heterocycles. The Hall–Kier alpha value is -2.73. The SMILES string of the molecule is Oc1ccc(-c2nc3c4ccccc4nc(=S)n3[nH]2)cc1. The molecule has 2 N–H and O–H groups in total. The number of nitrogens with zero attached hydrogens (tertiary/aromatic N) is 3. The fraction of sp³-hybridized carbons (Fsp3) is 0. The van der Waals surface area contributed by atoms with Crippen molar-refractivity contribution in [3.8, 4) is 17.1 Å². The van der Waals surface area contributed by atoms with Crippen LogP contribution in [0.25, 0.3) is 27.9 Å². The first-order valence-electron chi connectivity index (χ1n) is 6.39. The van der Waals surface area contributed by atoms with E-state index in [-0.39, 0.29) is 5.75 Å². The van der Waals surface area contributed by atoms with E-state index in [1.165, 1.54) is 0 Å². The van der Waals surface area contributed by atoms with Gasteiger partial charge in [0.15, 0.2) is 11.5 Å². The summed E-state index contributed by atoms with van der Waals surface area (Å²) in [5, 5.41) is 13.5. The van der Waals surface area contributed by atoms with Gasteiger partial charge in [0.25, 0.3) is 0 Å². The van der Waals surface area contributed by atoms with Gasteiger partial charge in [-0.2, -0.15) is 0 Å². The average Bonchev–Trinajstić information content (AvgIpc) is 2.94. The lowest BCUT2D eigenvalue weighted by Gasteiger charge is -1.98. The number of aromatic amines is 1. The average molecular weight is 294 g/mol. The number of phenolic OH excluding ortho intramolecular Hbond substituents is 1. The first-order valence-corrected chi connectivity index (χ1v) is 6.80. The van der Waals surface area contributed by atoms with E-state index in [2.05, 4.69) is 15.1 Å². The zero-order chi connectivity index (χ0) is 14.4. The number of rotatable bonds is 1. The minimum atomic E-state index is 0.221. The van der Waals surface area contributed by atoms with Crippen molar-refractivity contribution >= 4 is 28.8 Å². The van der Waals surface area contributed by atoms with Gasteiger partial charge < -0.3 is 5.11 Å². The highest BCUT2D eigenvalue weighted by molar-refractivity contribution is 7.71. The van der Waals surface area contributed by atoms with Crippen molar-refractivity contribution in [1.82, 2.24) is 19.6 Å². The van der Waals surface area contributed by atoms with Gasteiger partial charge in [-0.15, -0.1) is 0 Å². The smallest absolute Gasteiger partial charge is 0.221 e. The number of aromatic hydroxyl groups is 1. The zero-order valence-corrected chi connectivity index (χ0v) is 11.6. The fourth-order valence-corrected chi connectivity index (χ4v) is 2.55. The molecule has 0 unspecified atom stereocenters. The summed E-state index contributed by atoms with van der Waals surface area (Å²) in [4.78, 5) is 9.01. The van der Waals surface area contributed by atoms with Crippen LogP contribution in [-0.4, -0.2) is 24.7 Å². The largest absolute Gasteiger partial charge is 0.508 e. The van der Waals surface area contributed by atoms with Gasteiger partial charge in [-0.25, -0.2) is 14.5 Å². The summed E-state index contributed by atoms with van der Waals surface area (Å²) in [6, 6.07) is 14.6. The lowest BCUT2D eigenvalue weighted by Crippen LogP contribution is -1.94. The molecule has 6 heteroatoms. The Labute approximate surface area is 124 Å². The molecular formula is C15H10N4OS. The molecule has 0 saturated carbocycles. The van der Waals surface area contributed by atoms with Crippen LogP contribution >= 0.6 is 12.2 Å². The van der Waals surface area contributed by atoms with E-state index >= 15 is 0 Å². The molecule has 0 saturated heterocycles. The van der Waals surface area contributed by atoms with E-state index in [1.807, 2.05) is 24.3 Å². The second-order valence-electron chi connectivity index (χ2n) is 4.69. The van der Waals surface area contributed by atoms with Gasteiger partial charge >= 0.3 is 0 Å². The lowest BCUT2D eigenvalue weighted by atomic mass is 10.2. The molecule has 5 nitrogen and oxygen atoms in total. The van der Waals surface area contributed by atoms with Crippen LogP contribution in [0.4, 0.5) is 0 Å². The number of phenols is 1. The van der Waals surface area contributed by atoms with Gasteiger partial charge in [-0.1, -0.05) is 12.1 Å². The number of hydrogen-bond acceptors (Lipinski definition) is 4. The summed E-state index contributed by atoms with van der Waals surface area (Å²) in [6.45, 7) is 0. The topological polar surface area (TPSA) is 66.2 Å². The highest BCUT2D eigenvalue weighted by Crippen LogP contribution is 2.22. The van der Waals surface area contributed by atoms with Crippen LogP contribution in [0, 0.1) is 4.77 Å². The number of aromatic nitrogens is 4. The molecule has 21 heavy (non-hydrogen) atoms. The second kappa shape index (κ2) is 4.39. The van der Waals surface area contributed by atoms with Gasteiger partial charge in [-0.3, -0.25) is 5.10 Å². The normalized spacial score (nSPS) is 11.2. The van der Waals surface area contributed by atoms with Crippen LogP contribution in [0.3, 0.4) is 0 Å². The van der Waals surface area contributed by atoms with Crippen LogP contribution in [0.1, 0.15) is 0 Å². The third-order valence-corrected chi connectivity index (χ3v) is 3.61. The molecule has 0 atom stereocenters. The molecule has 0 aliphatic rings. The summed E-state index contributed by atoms with van der Waals surface area (Å²) in [7, 11) is 0.